The summed E-state index contributed by atoms with van der Waals surface area (Å²) in [6, 6.07) is 23.0. The third kappa shape index (κ3) is 2.90. The molecule has 0 aromatic heterocycles. The van der Waals surface area contributed by atoms with Gasteiger partial charge in [0.1, 0.15) is 22.8 Å². The summed E-state index contributed by atoms with van der Waals surface area (Å²) in [4.78, 5) is 2.47. The maximum absolute atomic E-state index is 6.54. The minimum atomic E-state index is -0.459. The van der Waals surface area contributed by atoms with Gasteiger partial charge in [-0.2, -0.15) is 0 Å². The molecule has 1 atom stereocenters. The molecule has 3 aromatic rings. The molecule has 0 amide bonds. The third-order valence-electron chi connectivity index (χ3n) is 5.87. The number of hydrogen-bond donors (Lipinski definition) is 0. The number of ether oxygens (including phenoxy) is 3. The highest BCUT2D eigenvalue weighted by molar-refractivity contribution is 8.08. The molecule has 3 nitrogen and oxygen atoms in total. The molecule has 4 heteroatoms. The van der Waals surface area contributed by atoms with Gasteiger partial charge in [0.05, 0.1) is 14.2 Å². The molecule has 0 radical (unpaired) electrons. The van der Waals surface area contributed by atoms with E-state index in [1.54, 1.807) is 26.0 Å². The largest absolute Gasteiger partial charge is 0.497 e. The van der Waals surface area contributed by atoms with Crippen molar-refractivity contribution in [3.63, 3.8) is 0 Å². The molecule has 2 heterocycles. The Hall–Kier alpha value is -2.85. The van der Waals surface area contributed by atoms with E-state index in [4.69, 9.17) is 14.2 Å². The van der Waals surface area contributed by atoms with Crippen LogP contribution in [0.25, 0.3) is 4.91 Å². The van der Waals surface area contributed by atoms with Crippen LogP contribution in [0.3, 0.4) is 0 Å². The molecule has 0 bridgehead atoms. The summed E-state index contributed by atoms with van der Waals surface area (Å²) in [6.07, 6.45) is 0. The van der Waals surface area contributed by atoms with Crippen molar-refractivity contribution >= 4 is 16.7 Å². The van der Waals surface area contributed by atoms with Gasteiger partial charge < -0.3 is 14.2 Å². The van der Waals surface area contributed by atoms with Gasteiger partial charge in [-0.25, -0.2) is 0 Å². The van der Waals surface area contributed by atoms with Crippen LogP contribution in [-0.2, 0) is 0 Å². The molecule has 2 aliphatic rings. The molecule has 30 heavy (non-hydrogen) atoms. The summed E-state index contributed by atoms with van der Waals surface area (Å²) in [6.45, 7) is 4.32. The molecule has 0 N–H and O–H groups in total. The lowest BCUT2D eigenvalue weighted by Crippen LogP contribution is -2.38. The van der Waals surface area contributed by atoms with Gasteiger partial charge in [-0.05, 0) is 49.2 Å². The van der Waals surface area contributed by atoms with E-state index in [2.05, 4.69) is 56.3 Å². The zero-order valence-electron chi connectivity index (χ0n) is 17.6. The van der Waals surface area contributed by atoms with Crippen molar-refractivity contribution < 1.29 is 14.2 Å². The highest BCUT2D eigenvalue weighted by atomic mass is 32.2. The van der Waals surface area contributed by atoms with E-state index in [-0.39, 0.29) is 5.92 Å². The fourth-order valence-corrected chi connectivity index (χ4v) is 5.99. The van der Waals surface area contributed by atoms with E-state index in [0.29, 0.717) is 0 Å². The molecule has 3 aromatic carbocycles. The van der Waals surface area contributed by atoms with E-state index in [9.17, 15) is 0 Å². The van der Waals surface area contributed by atoms with Crippen LogP contribution in [0.2, 0.25) is 0 Å². The van der Waals surface area contributed by atoms with Crippen molar-refractivity contribution in [1.29, 1.82) is 0 Å². The molecule has 0 fully saturated rings. The Balaban J connectivity index is 1.83. The molecular weight excluding hydrogens is 392 g/mol. The lowest BCUT2D eigenvalue weighted by Gasteiger charge is -2.43. The van der Waals surface area contributed by atoms with E-state index in [1.165, 1.54) is 20.9 Å². The molecule has 0 spiro atoms. The second-order valence-corrected chi connectivity index (χ2v) is 9.08. The minimum absolute atomic E-state index is 0.0293. The van der Waals surface area contributed by atoms with Gasteiger partial charge >= 0.3 is 0 Å². The quantitative estimate of drug-likeness (QED) is 0.485. The van der Waals surface area contributed by atoms with Gasteiger partial charge in [-0.3, -0.25) is 0 Å². The fourth-order valence-electron chi connectivity index (χ4n) is 4.54. The normalized spacial score (nSPS) is 18.6. The predicted octanol–water partition coefficient (Wildman–Crippen LogP) is 6.52. The summed E-state index contributed by atoms with van der Waals surface area (Å²) in [5.74, 6) is 2.71. The monoisotopic (exact) mass is 416 g/mol. The Morgan fingerprint density at radius 3 is 2.43 bits per heavy atom. The van der Waals surface area contributed by atoms with Crippen LogP contribution in [0.1, 0.15) is 36.5 Å². The smallest absolute Gasteiger partial charge is 0.128 e. The average molecular weight is 417 g/mol. The third-order valence-corrected chi connectivity index (χ3v) is 7.09. The van der Waals surface area contributed by atoms with Gasteiger partial charge in [-0.15, -0.1) is 0 Å². The highest BCUT2D eigenvalue weighted by Gasteiger charge is 2.44. The number of fused-ring (bicyclic) bond motifs is 3. The Labute approximate surface area is 181 Å². The maximum Gasteiger partial charge on any atom is 0.128 e. The van der Waals surface area contributed by atoms with E-state index in [0.717, 1.165) is 28.4 Å². The van der Waals surface area contributed by atoms with Crippen molar-refractivity contribution in [2.24, 2.45) is 0 Å². The van der Waals surface area contributed by atoms with E-state index >= 15 is 0 Å². The average Bonchev–Trinajstić information content (AvgIpc) is 2.77. The zero-order valence-corrected chi connectivity index (χ0v) is 18.4. The SMILES string of the molecule is COc1ccc2c(c1)SC1=C(C2c2ccccc2OC)C(C)(C)Oc2ccccc21. The first-order chi connectivity index (χ1) is 14.5. The topological polar surface area (TPSA) is 27.7 Å². The van der Waals surface area contributed by atoms with Crippen LogP contribution >= 0.6 is 11.8 Å². The molecule has 0 saturated heterocycles. The first-order valence-corrected chi connectivity index (χ1v) is 10.9. The summed E-state index contributed by atoms with van der Waals surface area (Å²) in [5, 5.41) is 0. The number of rotatable bonds is 3. The van der Waals surface area contributed by atoms with E-state index < -0.39 is 5.60 Å². The number of thioether (sulfide) groups is 1. The predicted molar refractivity (Wildman–Crippen MR) is 122 cm³/mol. The molecule has 152 valence electrons. The van der Waals surface area contributed by atoms with Crippen LogP contribution in [0.15, 0.2) is 77.2 Å². The lowest BCUT2D eigenvalue weighted by molar-refractivity contribution is 0.139. The highest BCUT2D eigenvalue weighted by Crippen LogP contribution is 2.59. The molecule has 0 aliphatic carbocycles. The number of benzene rings is 3. The van der Waals surface area contributed by atoms with Gasteiger partial charge in [0.25, 0.3) is 0 Å². The molecule has 0 saturated carbocycles. The fraction of sp³-hybridized carbons (Fsp3) is 0.231. The first-order valence-electron chi connectivity index (χ1n) is 10.1. The summed E-state index contributed by atoms with van der Waals surface area (Å²) in [7, 11) is 3.45. The second-order valence-electron chi connectivity index (χ2n) is 8.03. The molecule has 5 rings (SSSR count). The van der Waals surface area contributed by atoms with Crippen molar-refractivity contribution in [2.75, 3.05) is 14.2 Å². The van der Waals surface area contributed by atoms with Gasteiger partial charge in [0.2, 0.25) is 0 Å². The first kappa shape index (κ1) is 19.1. The van der Waals surface area contributed by atoms with Crippen LogP contribution in [0.4, 0.5) is 0 Å². The van der Waals surface area contributed by atoms with Gasteiger partial charge in [-0.1, -0.05) is 54.2 Å². The Bertz CT molecular complexity index is 1160. The molecule has 2 aliphatic heterocycles. The van der Waals surface area contributed by atoms with Crippen LogP contribution in [0.5, 0.6) is 17.2 Å². The van der Waals surface area contributed by atoms with Crippen molar-refractivity contribution in [3.8, 4) is 17.2 Å². The molecular formula is C26H24O3S. The van der Waals surface area contributed by atoms with Gasteiger partial charge in [0, 0.05) is 26.8 Å². The molecule has 1 unspecified atom stereocenters. The number of para-hydroxylation sites is 2. The van der Waals surface area contributed by atoms with E-state index in [1.807, 2.05) is 24.3 Å². The maximum atomic E-state index is 6.54. The van der Waals surface area contributed by atoms with Crippen molar-refractivity contribution in [3.05, 3.63) is 89.0 Å². The lowest BCUT2D eigenvalue weighted by atomic mass is 9.75. The zero-order chi connectivity index (χ0) is 20.9. The Morgan fingerprint density at radius 1 is 0.867 bits per heavy atom. The van der Waals surface area contributed by atoms with Crippen LogP contribution in [0, 0.1) is 0 Å². The summed E-state index contributed by atoms with van der Waals surface area (Å²) >= 11 is 1.81. The Kier molecular flexibility index (Phi) is 4.55. The second kappa shape index (κ2) is 7.13. The van der Waals surface area contributed by atoms with Crippen molar-refractivity contribution in [2.45, 2.75) is 30.3 Å². The summed E-state index contributed by atoms with van der Waals surface area (Å²) in [5.41, 5.74) is 4.36. The minimum Gasteiger partial charge on any atom is -0.497 e. The van der Waals surface area contributed by atoms with Crippen LogP contribution in [-0.4, -0.2) is 19.8 Å². The number of hydrogen-bond acceptors (Lipinski definition) is 4. The van der Waals surface area contributed by atoms with Gasteiger partial charge in [0.15, 0.2) is 0 Å². The number of methoxy groups -OCH3 is 2. The van der Waals surface area contributed by atoms with Crippen LogP contribution < -0.4 is 14.2 Å². The Morgan fingerprint density at radius 2 is 1.63 bits per heavy atom. The van der Waals surface area contributed by atoms with Crippen molar-refractivity contribution in [1.82, 2.24) is 0 Å². The summed E-state index contributed by atoms with van der Waals surface area (Å²) < 4.78 is 17.9. The standard InChI is InChI=1S/C26H24O3S/c1-26(2)24-23(17-9-5-7-11-20(17)28-4)19-14-13-16(27-3)15-22(19)30-25(24)18-10-6-8-12-21(18)29-26/h5-15,23H,1-4H3.